The lowest BCUT2D eigenvalue weighted by Crippen LogP contribution is -2.17. The van der Waals surface area contributed by atoms with Crippen LogP contribution in [0.1, 0.15) is 12.8 Å². The summed E-state index contributed by atoms with van der Waals surface area (Å²) in [6.45, 7) is 5.59. The number of rotatable bonds is 8. The van der Waals surface area contributed by atoms with Crippen LogP contribution in [0, 0.1) is 6.92 Å². The molecule has 1 unspecified atom stereocenters. The van der Waals surface area contributed by atoms with Crippen LogP contribution in [-0.2, 0) is 9.47 Å². The van der Waals surface area contributed by atoms with Crippen LogP contribution in [0.25, 0.3) is 0 Å². The summed E-state index contributed by atoms with van der Waals surface area (Å²) in [6, 6.07) is 0. The minimum atomic E-state index is -0.732. The van der Waals surface area contributed by atoms with Gasteiger partial charge in [-0.1, -0.05) is 6.92 Å². The molecule has 0 aromatic carbocycles. The highest BCUT2D eigenvalue weighted by Gasteiger charge is 2.01. The van der Waals surface area contributed by atoms with Crippen molar-refractivity contribution in [2.75, 3.05) is 26.4 Å². The Bertz CT molecular complexity index is 90.4. The van der Waals surface area contributed by atoms with E-state index in [4.69, 9.17) is 20.3 Å². The molecule has 0 aliphatic rings. The molecule has 1 atom stereocenters. The second-order valence-corrected chi connectivity index (χ2v) is 2.37. The van der Waals surface area contributed by atoms with Gasteiger partial charge in [0, 0.05) is 19.6 Å². The average Bonchev–Trinajstić information content (AvgIpc) is 2.09. The van der Waals surface area contributed by atoms with Gasteiger partial charge in [0.05, 0.1) is 13.2 Å². The first-order chi connectivity index (χ1) is 5.81. The summed E-state index contributed by atoms with van der Waals surface area (Å²) in [4.78, 5) is 0. The summed E-state index contributed by atoms with van der Waals surface area (Å²) < 4.78 is 10.0. The van der Waals surface area contributed by atoms with E-state index in [1.54, 1.807) is 0 Å². The van der Waals surface area contributed by atoms with Crippen LogP contribution in [0.15, 0.2) is 0 Å². The topological polar surface area (TPSA) is 64.7 Å². The van der Waals surface area contributed by atoms with Crippen LogP contribution in [0.4, 0.5) is 0 Å². The minimum Gasteiger partial charge on any atom is -0.380 e. The zero-order chi connectivity index (χ0) is 9.23. The maximum atomic E-state index is 9.12. The van der Waals surface area contributed by atoms with Crippen molar-refractivity contribution in [2.45, 2.75) is 19.1 Å². The molecule has 0 bridgehead atoms. The van der Waals surface area contributed by atoms with Crippen molar-refractivity contribution >= 4 is 0 Å². The van der Waals surface area contributed by atoms with E-state index in [2.05, 4.69) is 6.92 Å². The molecule has 0 aliphatic carbocycles. The zero-order valence-electron chi connectivity index (χ0n) is 7.37. The fourth-order valence-corrected chi connectivity index (χ4v) is 0.672. The lowest BCUT2D eigenvalue weighted by atomic mass is 10.4. The van der Waals surface area contributed by atoms with E-state index in [-0.39, 0.29) is 0 Å². The van der Waals surface area contributed by atoms with Crippen LogP contribution in [0.3, 0.4) is 0 Å². The Morgan fingerprint density at radius 1 is 1.33 bits per heavy atom. The van der Waals surface area contributed by atoms with Crippen molar-refractivity contribution in [3.8, 4) is 0 Å². The van der Waals surface area contributed by atoms with Gasteiger partial charge in [-0.3, -0.25) is 0 Å². The molecular weight excluding hydrogens is 158 g/mol. The monoisotopic (exact) mass is 176 g/mol. The van der Waals surface area contributed by atoms with Crippen molar-refractivity contribution in [3.05, 3.63) is 6.92 Å². The molecule has 4 heteroatoms. The summed E-state index contributed by atoms with van der Waals surface area (Å²) in [5, 5.41) is 9.12. The quantitative estimate of drug-likeness (QED) is 0.401. The molecular formula is C8H18NO3. The van der Waals surface area contributed by atoms with Crippen molar-refractivity contribution < 1.29 is 14.6 Å². The van der Waals surface area contributed by atoms with Crippen molar-refractivity contribution in [3.63, 3.8) is 0 Å². The molecule has 0 saturated heterocycles. The highest BCUT2D eigenvalue weighted by Crippen LogP contribution is 1.95. The van der Waals surface area contributed by atoms with Gasteiger partial charge in [0.2, 0.25) is 0 Å². The molecule has 4 nitrogen and oxygen atoms in total. The van der Waals surface area contributed by atoms with E-state index in [1.165, 1.54) is 0 Å². The molecule has 0 rings (SSSR count). The van der Waals surface area contributed by atoms with E-state index in [1.807, 2.05) is 0 Å². The molecule has 73 valence electrons. The van der Waals surface area contributed by atoms with Gasteiger partial charge < -0.3 is 20.3 Å². The van der Waals surface area contributed by atoms with Gasteiger partial charge in [-0.25, -0.2) is 0 Å². The number of aliphatic hydroxyl groups is 1. The standard InChI is InChI=1S/C8H18NO3/c1-2-5-12-8(10)3-6-11-7-4-9/h8,10H,1-7,9H2. The number of hydrogen-bond donors (Lipinski definition) is 2. The molecule has 0 aromatic heterocycles. The maximum absolute atomic E-state index is 9.12. The molecule has 3 N–H and O–H groups in total. The summed E-state index contributed by atoms with van der Waals surface area (Å²) in [7, 11) is 0. The van der Waals surface area contributed by atoms with E-state index in [9.17, 15) is 0 Å². The van der Waals surface area contributed by atoms with Gasteiger partial charge in [-0.15, -0.1) is 0 Å². The van der Waals surface area contributed by atoms with Gasteiger partial charge in [0.25, 0.3) is 0 Å². The Morgan fingerprint density at radius 3 is 2.67 bits per heavy atom. The summed E-state index contributed by atoms with van der Waals surface area (Å²) in [6.07, 6.45) is 0.422. The third-order valence-corrected chi connectivity index (χ3v) is 1.23. The first kappa shape index (κ1) is 11.8. The minimum absolute atomic E-state index is 0.482. The predicted molar refractivity (Wildman–Crippen MR) is 46.4 cm³/mol. The van der Waals surface area contributed by atoms with Crippen LogP contribution in [-0.4, -0.2) is 37.8 Å². The molecule has 1 radical (unpaired) electrons. The molecule has 0 aromatic rings. The molecule has 0 saturated carbocycles. The zero-order valence-corrected chi connectivity index (χ0v) is 7.37. The normalized spacial score (nSPS) is 13.2. The lowest BCUT2D eigenvalue weighted by Gasteiger charge is -2.10. The smallest absolute Gasteiger partial charge is 0.156 e. The third-order valence-electron chi connectivity index (χ3n) is 1.23. The predicted octanol–water partition coefficient (Wildman–Crippen LogP) is -0.0890. The molecule has 0 heterocycles. The van der Waals surface area contributed by atoms with Gasteiger partial charge >= 0.3 is 0 Å². The Kier molecular flexibility index (Phi) is 8.81. The first-order valence-corrected chi connectivity index (χ1v) is 4.18. The van der Waals surface area contributed by atoms with Crippen molar-refractivity contribution in [1.82, 2.24) is 0 Å². The van der Waals surface area contributed by atoms with Gasteiger partial charge in [-0.2, -0.15) is 0 Å². The van der Waals surface area contributed by atoms with Gasteiger partial charge in [0.1, 0.15) is 0 Å². The third kappa shape index (κ3) is 7.94. The highest BCUT2D eigenvalue weighted by atomic mass is 16.6. The second-order valence-electron chi connectivity index (χ2n) is 2.37. The molecule has 0 spiro atoms. The summed E-state index contributed by atoms with van der Waals surface area (Å²) in [5.74, 6) is 0. The van der Waals surface area contributed by atoms with Crippen molar-refractivity contribution in [2.24, 2.45) is 5.73 Å². The van der Waals surface area contributed by atoms with E-state index in [0.29, 0.717) is 39.2 Å². The molecule has 0 amide bonds. The van der Waals surface area contributed by atoms with Crippen LogP contribution < -0.4 is 5.73 Å². The van der Waals surface area contributed by atoms with Crippen LogP contribution in [0.5, 0.6) is 0 Å². The van der Waals surface area contributed by atoms with E-state index >= 15 is 0 Å². The first-order valence-electron chi connectivity index (χ1n) is 4.18. The Hall–Kier alpha value is -0.160. The van der Waals surface area contributed by atoms with Gasteiger partial charge in [0.15, 0.2) is 6.29 Å². The highest BCUT2D eigenvalue weighted by molar-refractivity contribution is 4.43. The number of aliphatic hydroxyl groups excluding tert-OH is 1. The molecule has 0 fully saturated rings. The van der Waals surface area contributed by atoms with Crippen LogP contribution in [0.2, 0.25) is 0 Å². The van der Waals surface area contributed by atoms with Gasteiger partial charge in [-0.05, 0) is 6.42 Å². The van der Waals surface area contributed by atoms with Crippen molar-refractivity contribution in [1.29, 1.82) is 0 Å². The van der Waals surface area contributed by atoms with E-state index < -0.39 is 6.29 Å². The fourth-order valence-electron chi connectivity index (χ4n) is 0.672. The average molecular weight is 176 g/mol. The summed E-state index contributed by atoms with van der Waals surface area (Å²) >= 11 is 0. The largest absolute Gasteiger partial charge is 0.380 e. The maximum Gasteiger partial charge on any atom is 0.156 e. The molecule has 0 aliphatic heterocycles. The fraction of sp³-hybridized carbons (Fsp3) is 0.875. The Labute approximate surface area is 73.7 Å². The van der Waals surface area contributed by atoms with Crippen LogP contribution >= 0.6 is 0 Å². The Morgan fingerprint density at radius 2 is 2.08 bits per heavy atom. The van der Waals surface area contributed by atoms with E-state index in [0.717, 1.165) is 0 Å². The molecule has 12 heavy (non-hydrogen) atoms. The number of ether oxygens (including phenoxy) is 2. The second kappa shape index (κ2) is 8.93. The Balaban J connectivity index is 3.02. The number of nitrogens with two attached hydrogens (primary N) is 1. The lowest BCUT2D eigenvalue weighted by molar-refractivity contribution is -0.111. The summed E-state index contributed by atoms with van der Waals surface area (Å²) in [5.41, 5.74) is 5.20. The number of hydrogen-bond acceptors (Lipinski definition) is 4. The SMILES string of the molecule is [CH2]CCOC(O)CCOCCN.